The summed E-state index contributed by atoms with van der Waals surface area (Å²) in [6.07, 6.45) is -3.24. The molecule has 0 aliphatic carbocycles. The number of amides is 1. The van der Waals surface area contributed by atoms with Crippen LogP contribution >= 0.6 is 0 Å². The lowest BCUT2D eigenvalue weighted by atomic mass is 10.1. The van der Waals surface area contributed by atoms with Crippen molar-refractivity contribution in [3.8, 4) is 0 Å². The number of aromatic amines is 1. The van der Waals surface area contributed by atoms with E-state index in [1.807, 2.05) is 0 Å². The van der Waals surface area contributed by atoms with Crippen molar-refractivity contribution in [3.63, 3.8) is 0 Å². The Morgan fingerprint density at radius 2 is 2.12 bits per heavy atom. The first-order chi connectivity index (χ1) is 7.34. The Bertz CT molecular complexity index is 511. The topological polar surface area (TPSA) is 119 Å². The Morgan fingerprint density at radius 3 is 2.50 bits per heavy atom. The number of halogens is 2. The molecule has 0 aromatic carbocycles. The van der Waals surface area contributed by atoms with Crippen LogP contribution < -0.4 is 11.2 Å². The van der Waals surface area contributed by atoms with Gasteiger partial charge >= 0.3 is 5.82 Å². The number of nitrogens with one attached hydrogen (secondary N) is 1. The predicted molar refractivity (Wildman–Crippen MR) is 47.2 cm³/mol. The standard InChI is InChI=1S/C7H5F2N3O4/c8-6(9)5-4(7(10)14)2(13)1-3(11-5)12(15)16/h1,6H,(H2,10,14)(H,11,13). The Morgan fingerprint density at radius 1 is 1.56 bits per heavy atom. The van der Waals surface area contributed by atoms with Gasteiger partial charge in [0.15, 0.2) is 5.69 Å². The van der Waals surface area contributed by atoms with Gasteiger partial charge < -0.3 is 15.8 Å². The Hall–Kier alpha value is -2.32. The molecule has 16 heavy (non-hydrogen) atoms. The first-order valence-electron chi connectivity index (χ1n) is 3.84. The van der Waals surface area contributed by atoms with E-state index in [1.165, 1.54) is 0 Å². The molecule has 0 spiro atoms. The second-order valence-electron chi connectivity index (χ2n) is 2.73. The maximum atomic E-state index is 12.4. The molecule has 1 amide bonds. The molecule has 0 radical (unpaired) electrons. The molecule has 0 fully saturated rings. The highest BCUT2D eigenvalue weighted by Gasteiger charge is 2.26. The van der Waals surface area contributed by atoms with Crippen LogP contribution in [0.4, 0.5) is 14.6 Å². The van der Waals surface area contributed by atoms with Crippen molar-refractivity contribution in [3.05, 3.63) is 37.7 Å². The minimum Gasteiger partial charge on any atom is -0.365 e. The number of hydrogen-bond acceptors (Lipinski definition) is 4. The van der Waals surface area contributed by atoms with Crippen molar-refractivity contribution >= 4 is 11.7 Å². The summed E-state index contributed by atoms with van der Waals surface area (Å²) in [5.74, 6) is -2.29. The fourth-order valence-corrected chi connectivity index (χ4v) is 1.08. The molecule has 7 nitrogen and oxygen atoms in total. The molecule has 1 aromatic heterocycles. The summed E-state index contributed by atoms with van der Waals surface area (Å²) in [4.78, 5) is 32.8. The van der Waals surface area contributed by atoms with E-state index in [0.717, 1.165) is 0 Å². The molecule has 1 rings (SSSR count). The third-order valence-corrected chi connectivity index (χ3v) is 1.71. The summed E-state index contributed by atoms with van der Waals surface area (Å²) in [7, 11) is 0. The third-order valence-electron chi connectivity index (χ3n) is 1.71. The van der Waals surface area contributed by atoms with Crippen molar-refractivity contribution in [1.29, 1.82) is 0 Å². The number of nitrogens with two attached hydrogens (primary N) is 1. The summed E-state index contributed by atoms with van der Waals surface area (Å²) in [5.41, 5.74) is 1.38. The largest absolute Gasteiger partial charge is 0.365 e. The van der Waals surface area contributed by atoms with Crippen LogP contribution in [0, 0.1) is 10.1 Å². The second-order valence-corrected chi connectivity index (χ2v) is 2.73. The molecule has 0 bridgehead atoms. The Kier molecular flexibility index (Phi) is 2.97. The Labute approximate surface area is 86.0 Å². The van der Waals surface area contributed by atoms with E-state index in [0.29, 0.717) is 6.07 Å². The molecule has 0 saturated heterocycles. The maximum Gasteiger partial charge on any atom is 0.325 e. The molecular weight excluding hydrogens is 228 g/mol. The van der Waals surface area contributed by atoms with Crippen LogP contribution in [0.3, 0.4) is 0 Å². The van der Waals surface area contributed by atoms with E-state index < -0.39 is 39.8 Å². The molecule has 1 aromatic rings. The zero-order valence-electron chi connectivity index (χ0n) is 7.57. The lowest BCUT2D eigenvalue weighted by Gasteiger charge is -2.02. The van der Waals surface area contributed by atoms with Crippen LogP contribution in [0.2, 0.25) is 0 Å². The van der Waals surface area contributed by atoms with Crippen LogP contribution in [0.1, 0.15) is 22.5 Å². The van der Waals surface area contributed by atoms with Gasteiger partial charge in [-0.05, 0) is 4.92 Å². The van der Waals surface area contributed by atoms with Crippen molar-refractivity contribution in [1.82, 2.24) is 4.98 Å². The van der Waals surface area contributed by atoms with E-state index in [1.54, 1.807) is 4.98 Å². The summed E-state index contributed by atoms with van der Waals surface area (Å²) in [6.45, 7) is 0. The number of hydrogen-bond donors (Lipinski definition) is 2. The van der Waals surface area contributed by atoms with E-state index in [9.17, 15) is 28.5 Å². The fourth-order valence-electron chi connectivity index (χ4n) is 1.08. The number of rotatable bonds is 3. The number of aromatic nitrogens is 1. The molecule has 9 heteroatoms. The first-order valence-corrected chi connectivity index (χ1v) is 3.84. The maximum absolute atomic E-state index is 12.4. The lowest BCUT2D eigenvalue weighted by molar-refractivity contribution is -0.389. The van der Waals surface area contributed by atoms with Crippen molar-refractivity contribution in [2.24, 2.45) is 5.73 Å². The normalized spacial score (nSPS) is 10.4. The fraction of sp³-hybridized carbons (Fsp3) is 0.143. The van der Waals surface area contributed by atoms with Gasteiger partial charge in [0.2, 0.25) is 5.43 Å². The number of carbonyl (C=O) groups excluding carboxylic acids is 1. The van der Waals surface area contributed by atoms with Crippen LogP contribution in [0.25, 0.3) is 0 Å². The molecule has 0 unspecified atom stereocenters. The first kappa shape index (κ1) is 11.8. The average Bonchev–Trinajstić information content (AvgIpc) is 2.15. The minimum atomic E-state index is -3.24. The molecule has 1 heterocycles. The SMILES string of the molecule is NC(=O)c1c(C(F)F)[nH]c([N+](=O)[O-])cc1=O. The minimum absolute atomic E-state index is 0.423. The van der Waals surface area contributed by atoms with Crippen LogP contribution in [-0.2, 0) is 0 Å². The zero-order chi connectivity index (χ0) is 12.5. The number of carbonyl (C=O) groups is 1. The smallest absolute Gasteiger partial charge is 0.325 e. The van der Waals surface area contributed by atoms with Crippen LogP contribution in [0.5, 0.6) is 0 Å². The average molecular weight is 233 g/mol. The number of primary amides is 1. The summed E-state index contributed by atoms with van der Waals surface area (Å²) < 4.78 is 24.8. The summed E-state index contributed by atoms with van der Waals surface area (Å²) in [5, 5.41) is 10.3. The van der Waals surface area contributed by atoms with Gasteiger partial charge in [-0.3, -0.25) is 9.59 Å². The summed E-state index contributed by atoms with van der Waals surface area (Å²) >= 11 is 0. The third kappa shape index (κ3) is 2.02. The summed E-state index contributed by atoms with van der Waals surface area (Å²) in [6, 6.07) is 0.423. The number of pyridine rings is 1. The molecule has 0 aliphatic rings. The number of H-pyrrole nitrogens is 1. The quantitative estimate of drug-likeness (QED) is 0.576. The number of nitrogens with zero attached hydrogens (tertiary/aromatic N) is 1. The van der Waals surface area contributed by atoms with E-state index >= 15 is 0 Å². The molecule has 86 valence electrons. The van der Waals surface area contributed by atoms with Crippen molar-refractivity contribution in [2.45, 2.75) is 6.43 Å². The second kappa shape index (κ2) is 4.04. The van der Waals surface area contributed by atoms with Crippen molar-refractivity contribution in [2.75, 3.05) is 0 Å². The predicted octanol–water partition coefficient (Wildman–Crippen LogP) is 0.320. The monoisotopic (exact) mass is 233 g/mol. The molecule has 0 aliphatic heterocycles. The molecule has 3 N–H and O–H groups in total. The lowest BCUT2D eigenvalue weighted by Crippen LogP contribution is -2.25. The highest BCUT2D eigenvalue weighted by Crippen LogP contribution is 2.20. The van der Waals surface area contributed by atoms with E-state index in [-0.39, 0.29) is 0 Å². The zero-order valence-corrected chi connectivity index (χ0v) is 7.57. The molecule has 0 atom stereocenters. The van der Waals surface area contributed by atoms with E-state index in [2.05, 4.69) is 0 Å². The van der Waals surface area contributed by atoms with Gasteiger partial charge in [-0.1, -0.05) is 0 Å². The molecular formula is C7H5F2N3O4. The van der Waals surface area contributed by atoms with Crippen LogP contribution in [-0.4, -0.2) is 15.8 Å². The van der Waals surface area contributed by atoms with E-state index in [4.69, 9.17) is 5.73 Å². The van der Waals surface area contributed by atoms with Crippen LogP contribution in [0.15, 0.2) is 10.9 Å². The number of nitro groups is 1. The van der Waals surface area contributed by atoms with Crippen molar-refractivity contribution < 1.29 is 18.5 Å². The number of alkyl halides is 2. The van der Waals surface area contributed by atoms with Gasteiger partial charge in [0.05, 0.1) is 6.07 Å². The van der Waals surface area contributed by atoms with Gasteiger partial charge in [0.1, 0.15) is 5.56 Å². The highest BCUT2D eigenvalue weighted by molar-refractivity contribution is 5.94. The van der Waals surface area contributed by atoms with Gasteiger partial charge in [-0.2, -0.15) is 0 Å². The van der Waals surface area contributed by atoms with Gasteiger partial charge in [0, 0.05) is 0 Å². The van der Waals surface area contributed by atoms with Gasteiger partial charge in [-0.25, -0.2) is 13.8 Å². The highest BCUT2D eigenvalue weighted by atomic mass is 19.3. The van der Waals surface area contributed by atoms with Gasteiger partial charge in [0.25, 0.3) is 12.3 Å². The molecule has 0 saturated carbocycles. The Balaban J connectivity index is 3.58. The van der Waals surface area contributed by atoms with Gasteiger partial charge in [-0.15, -0.1) is 0 Å².